The summed E-state index contributed by atoms with van der Waals surface area (Å²) < 4.78 is 13.3. The number of rotatable bonds is 2. The summed E-state index contributed by atoms with van der Waals surface area (Å²) in [5.74, 6) is 0.535. The lowest BCUT2D eigenvalue weighted by Crippen LogP contribution is -1.94. The molecule has 0 heterocycles. The van der Waals surface area contributed by atoms with Crippen molar-refractivity contribution in [3.63, 3.8) is 0 Å². The van der Waals surface area contributed by atoms with Crippen molar-refractivity contribution in [2.45, 2.75) is 26.5 Å². The normalized spacial score (nSPS) is 10.7. The van der Waals surface area contributed by atoms with Gasteiger partial charge in [-0.05, 0) is 60.7 Å². The SMILES string of the molecule is Cc1cc(C)c(CS)c(-c2ccc(F)c(C)c2)c1. The number of halogens is 1. The summed E-state index contributed by atoms with van der Waals surface area (Å²) in [5, 5.41) is 0. The van der Waals surface area contributed by atoms with Crippen molar-refractivity contribution in [1.82, 2.24) is 0 Å². The lowest BCUT2D eigenvalue weighted by molar-refractivity contribution is 0.619. The molecule has 2 rings (SSSR count). The molecule has 0 fully saturated rings. The van der Waals surface area contributed by atoms with Gasteiger partial charge >= 0.3 is 0 Å². The fourth-order valence-electron chi connectivity index (χ4n) is 2.28. The Morgan fingerprint density at radius 2 is 1.72 bits per heavy atom. The molecule has 0 atom stereocenters. The minimum absolute atomic E-state index is 0.157. The van der Waals surface area contributed by atoms with E-state index in [0.29, 0.717) is 11.3 Å². The zero-order valence-electron chi connectivity index (χ0n) is 10.9. The summed E-state index contributed by atoms with van der Waals surface area (Å²) in [6.45, 7) is 5.97. The molecule has 0 saturated heterocycles. The quantitative estimate of drug-likeness (QED) is 0.733. The van der Waals surface area contributed by atoms with Crippen LogP contribution in [-0.4, -0.2) is 0 Å². The smallest absolute Gasteiger partial charge is 0.126 e. The lowest BCUT2D eigenvalue weighted by Gasteiger charge is -2.13. The monoisotopic (exact) mass is 260 g/mol. The average molecular weight is 260 g/mol. The number of hydrogen-bond acceptors (Lipinski definition) is 1. The average Bonchev–Trinajstić information content (AvgIpc) is 2.32. The summed E-state index contributed by atoms with van der Waals surface area (Å²) in [7, 11) is 0. The minimum Gasteiger partial charge on any atom is -0.207 e. The predicted octanol–water partition coefficient (Wildman–Crippen LogP) is 4.85. The van der Waals surface area contributed by atoms with E-state index in [2.05, 4.69) is 38.6 Å². The van der Waals surface area contributed by atoms with Crippen molar-refractivity contribution in [2.75, 3.05) is 0 Å². The standard InChI is InChI=1S/C16H17FS/c1-10-6-11(2)15(9-18)14(7-10)13-4-5-16(17)12(3)8-13/h4-8,18H,9H2,1-3H3. The third-order valence-electron chi connectivity index (χ3n) is 3.24. The molecule has 2 aromatic rings. The second kappa shape index (κ2) is 5.15. The van der Waals surface area contributed by atoms with Crippen LogP contribution >= 0.6 is 12.6 Å². The molecule has 18 heavy (non-hydrogen) atoms. The van der Waals surface area contributed by atoms with E-state index in [4.69, 9.17) is 0 Å². The highest BCUT2D eigenvalue weighted by Gasteiger charge is 2.09. The van der Waals surface area contributed by atoms with Gasteiger partial charge in [-0.2, -0.15) is 12.6 Å². The number of hydrogen-bond donors (Lipinski definition) is 1. The molecule has 2 heteroatoms. The Hall–Kier alpha value is -1.28. The van der Waals surface area contributed by atoms with Crippen LogP contribution in [-0.2, 0) is 5.75 Å². The van der Waals surface area contributed by atoms with E-state index in [0.717, 1.165) is 11.1 Å². The van der Waals surface area contributed by atoms with Crippen molar-refractivity contribution >= 4 is 12.6 Å². The molecule has 0 radical (unpaired) electrons. The van der Waals surface area contributed by atoms with Gasteiger partial charge in [0.25, 0.3) is 0 Å². The Morgan fingerprint density at radius 1 is 1.00 bits per heavy atom. The van der Waals surface area contributed by atoms with Crippen molar-refractivity contribution in [3.05, 3.63) is 58.4 Å². The van der Waals surface area contributed by atoms with E-state index in [9.17, 15) is 4.39 Å². The van der Waals surface area contributed by atoms with E-state index in [1.165, 1.54) is 22.8 Å². The van der Waals surface area contributed by atoms with Gasteiger partial charge in [-0.3, -0.25) is 0 Å². The molecule has 0 bridgehead atoms. The molecule has 0 unspecified atom stereocenters. The van der Waals surface area contributed by atoms with E-state index >= 15 is 0 Å². The summed E-state index contributed by atoms with van der Waals surface area (Å²) in [5.41, 5.74) is 6.57. The zero-order valence-corrected chi connectivity index (χ0v) is 11.8. The molecule has 0 nitrogen and oxygen atoms in total. The molecule has 0 aliphatic carbocycles. The zero-order chi connectivity index (χ0) is 13.3. The molecule has 0 N–H and O–H groups in total. The van der Waals surface area contributed by atoms with Gasteiger partial charge in [0, 0.05) is 5.75 Å². The second-order valence-electron chi connectivity index (χ2n) is 4.73. The fraction of sp³-hybridized carbons (Fsp3) is 0.250. The second-order valence-corrected chi connectivity index (χ2v) is 5.05. The third-order valence-corrected chi connectivity index (χ3v) is 3.56. The first-order valence-corrected chi connectivity index (χ1v) is 6.63. The maximum Gasteiger partial charge on any atom is 0.126 e. The molecule has 0 aliphatic rings. The molecule has 0 aliphatic heterocycles. The van der Waals surface area contributed by atoms with Crippen LogP contribution in [0.1, 0.15) is 22.3 Å². The van der Waals surface area contributed by atoms with Crippen LogP contribution in [0, 0.1) is 26.6 Å². The number of thiol groups is 1. The number of benzene rings is 2. The van der Waals surface area contributed by atoms with Gasteiger partial charge in [0.1, 0.15) is 5.82 Å². The molecule has 0 amide bonds. The summed E-state index contributed by atoms with van der Waals surface area (Å²) >= 11 is 4.41. The Labute approximate surface area is 113 Å². The van der Waals surface area contributed by atoms with Crippen LogP contribution in [0.2, 0.25) is 0 Å². The molecule has 0 aromatic heterocycles. The Kier molecular flexibility index (Phi) is 3.76. The maximum absolute atomic E-state index is 13.3. The van der Waals surface area contributed by atoms with Crippen molar-refractivity contribution in [3.8, 4) is 11.1 Å². The molecule has 0 spiro atoms. The Balaban J connectivity index is 2.65. The van der Waals surface area contributed by atoms with Crippen molar-refractivity contribution in [1.29, 1.82) is 0 Å². The molecule has 0 saturated carbocycles. The van der Waals surface area contributed by atoms with Crippen LogP contribution in [0.25, 0.3) is 11.1 Å². The highest BCUT2D eigenvalue weighted by Crippen LogP contribution is 2.30. The van der Waals surface area contributed by atoms with Crippen molar-refractivity contribution < 1.29 is 4.39 Å². The predicted molar refractivity (Wildman–Crippen MR) is 78.7 cm³/mol. The van der Waals surface area contributed by atoms with Gasteiger partial charge in [0.15, 0.2) is 0 Å². The number of aryl methyl sites for hydroxylation is 3. The first kappa shape index (κ1) is 13.2. The highest BCUT2D eigenvalue weighted by molar-refractivity contribution is 7.79. The first-order valence-electron chi connectivity index (χ1n) is 6.00. The van der Waals surface area contributed by atoms with Gasteiger partial charge in [-0.25, -0.2) is 4.39 Å². The molecule has 94 valence electrons. The maximum atomic E-state index is 13.3. The lowest BCUT2D eigenvalue weighted by atomic mass is 9.94. The van der Waals surface area contributed by atoms with Crippen LogP contribution in [0.5, 0.6) is 0 Å². The van der Waals surface area contributed by atoms with Crippen LogP contribution in [0.15, 0.2) is 30.3 Å². The molecular formula is C16H17FS. The topological polar surface area (TPSA) is 0 Å². The van der Waals surface area contributed by atoms with Crippen LogP contribution in [0.3, 0.4) is 0 Å². The fourth-order valence-corrected chi connectivity index (χ4v) is 2.70. The minimum atomic E-state index is -0.157. The summed E-state index contributed by atoms with van der Waals surface area (Å²) in [4.78, 5) is 0. The summed E-state index contributed by atoms with van der Waals surface area (Å²) in [6.07, 6.45) is 0. The van der Waals surface area contributed by atoms with Crippen molar-refractivity contribution in [2.24, 2.45) is 0 Å². The molecule has 2 aromatic carbocycles. The van der Waals surface area contributed by atoms with E-state index in [1.54, 1.807) is 6.92 Å². The van der Waals surface area contributed by atoms with E-state index < -0.39 is 0 Å². The summed E-state index contributed by atoms with van der Waals surface area (Å²) in [6, 6.07) is 9.57. The van der Waals surface area contributed by atoms with E-state index in [-0.39, 0.29) is 5.82 Å². The van der Waals surface area contributed by atoms with Gasteiger partial charge in [-0.15, -0.1) is 0 Å². The van der Waals surface area contributed by atoms with Gasteiger partial charge in [-0.1, -0.05) is 23.8 Å². The van der Waals surface area contributed by atoms with Gasteiger partial charge in [0.2, 0.25) is 0 Å². The third kappa shape index (κ3) is 2.44. The van der Waals surface area contributed by atoms with E-state index in [1.807, 2.05) is 12.1 Å². The van der Waals surface area contributed by atoms with Gasteiger partial charge in [0.05, 0.1) is 0 Å². The van der Waals surface area contributed by atoms with Gasteiger partial charge < -0.3 is 0 Å². The Bertz CT molecular complexity index is 588. The largest absolute Gasteiger partial charge is 0.207 e. The highest BCUT2D eigenvalue weighted by atomic mass is 32.1. The van der Waals surface area contributed by atoms with Crippen LogP contribution < -0.4 is 0 Å². The first-order chi connectivity index (χ1) is 8.52. The Morgan fingerprint density at radius 3 is 2.33 bits per heavy atom. The molecular weight excluding hydrogens is 243 g/mol. The van der Waals surface area contributed by atoms with Crippen LogP contribution in [0.4, 0.5) is 4.39 Å².